The summed E-state index contributed by atoms with van der Waals surface area (Å²) in [6.45, 7) is 5.76. The average molecular weight is 333 g/mol. The van der Waals surface area contributed by atoms with Crippen LogP contribution in [0.2, 0.25) is 0 Å². The molecule has 1 aromatic carbocycles. The Bertz CT molecular complexity index is 640. The highest BCUT2D eigenvalue weighted by molar-refractivity contribution is 8.13. The molecule has 0 radical (unpaired) electrons. The smallest absolute Gasteiger partial charge is 0.263 e. The van der Waals surface area contributed by atoms with Crippen LogP contribution in [0.1, 0.15) is 37.6 Å². The highest BCUT2D eigenvalue weighted by Gasteiger charge is 2.22. The van der Waals surface area contributed by atoms with Gasteiger partial charge in [0.25, 0.3) is 15.0 Å². The number of halogens is 1. The standard InChI is InChI=1S/C14H21ClN2O3S/c1-6-14(2,3)16-13(18)10-7-8-11(17(4)5)12(9-10)21(15,19)20/h7-9H,6H2,1-5H3,(H,16,18). The molecule has 0 fully saturated rings. The van der Waals surface area contributed by atoms with E-state index in [9.17, 15) is 13.2 Å². The summed E-state index contributed by atoms with van der Waals surface area (Å²) in [4.78, 5) is 13.8. The summed E-state index contributed by atoms with van der Waals surface area (Å²) in [6.07, 6.45) is 0.759. The minimum Gasteiger partial charge on any atom is -0.377 e. The molecule has 0 heterocycles. The summed E-state index contributed by atoms with van der Waals surface area (Å²) in [6, 6.07) is 4.46. The van der Waals surface area contributed by atoms with Crippen LogP contribution in [0.15, 0.2) is 23.1 Å². The van der Waals surface area contributed by atoms with E-state index in [1.165, 1.54) is 6.07 Å². The van der Waals surface area contributed by atoms with Gasteiger partial charge in [0.15, 0.2) is 0 Å². The SMILES string of the molecule is CCC(C)(C)NC(=O)c1ccc(N(C)C)c(S(=O)(=O)Cl)c1. The quantitative estimate of drug-likeness (QED) is 0.842. The molecule has 0 saturated carbocycles. The van der Waals surface area contributed by atoms with Crippen LogP contribution in [0.3, 0.4) is 0 Å². The number of carbonyl (C=O) groups excluding carboxylic acids is 1. The molecule has 0 aliphatic rings. The van der Waals surface area contributed by atoms with E-state index >= 15 is 0 Å². The van der Waals surface area contributed by atoms with Gasteiger partial charge in [-0.2, -0.15) is 0 Å². The Hall–Kier alpha value is -1.27. The fourth-order valence-corrected chi connectivity index (χ4v) is 2.83. The van der Waals surface area contributed by atoms with Gasteiger partial charge in [0.2, 0.25) is 0 Å². The van der Waals surface area contributed by atoms with Gasteiger partial charge < -0.3 is 10.2 Å². The molecule has 0 aliphatic carbocycles. The highest BCUT2D eigenvalue weighted by atomic mass is 35.7. The molecule has 21 heavy (non-hydrogen) atoms. The van der Waals surface area contributed by atoms with E-state index in [1.54, 1.807) is 31.1 Å². The molecule has 118 valence electrons. The Labute approximate surface area is 130 Å². The second kappa shape index (κ2) is 6.23. The Kier molecular flexibility index (Phi) is 5.28. The number of rotatable bonds is 5. The number of hydrogen-bond donors (Lipinski definition) is 1. The van der Waals surface area contributed by atoms with Gasteiger partial charge in [0.05, 0.1) is 5.69 Å². The minimum absolute atomic E-state index is 0.0730. The molecule has 0 unspecified atom stereocenters. The highest BCUT2D eigenvalue weighted by Crippen LogP contribution is 2.28. The summed E-state index contributed by atoms with van der Waals surface area (Å²) in [5.41, 5.74) is 0.342. The van der Waals surface area contributed by atoms with Crippen molar-refractivity contribution in [3.63, 3.8) is 0 Å². The zero-order valence-corrected chi connectivity index (χ0v) is 14.5. The number of amides is 1. The predicted octanol–water partition coefficient (Wildman–Crippen LogP) is 2.60. The first kappa shape index (κ1) is 17.8. The third-order valence-electron chi connectivity index (χ3n) is 3.30. The van der Waals surface area contributed by atoms with Crippen molar-refractivity contribution in [1.29, 1.82) is 0 Å². The summed E-state index contributed by atoms with van der Waals surface area (Å²) in [5, 5.41) is 2.86. The van der Waals surface area contributed by atoms with Crippen LogP contribution in [0.5, 0.6) is 0 Å². The van der Waals surface area contributed by atoms with Crippen molar-refractivity contribution in [2.45, 2.75) is 37.6 Å². The number of nitrogens with zero attached hydrogens (tertiary/aromatic N) is 1. The van der Waals surface area contributed by atoms with Crippen LogP contribution in [-0.4, -0.2) is 34.0 Å². The summed E-state index contributed by atoms with van der Waals surface area (Å²) >= 11 is 0. The van der Waals surface area contributed by atoms with E-state index in [1.807, 2.05) is 20.8 Å². The molecular formula is C14H21ClN2O3S. The molecule has 0 atom stereocenters. The number of anilines is 1. The molecule has 1 amide bonds. The van der Waals surface area contributed by atoms with Crippen LogP contribution in [0, 0.1) is 0 Å². The maximum absolute atomic E-state index is 12.2. The van der Waals surface area contributed by atoms with Gasteiger partial charge in [-0.25, -0.2) is 8.42 Å². The fraction of sp³-hybridized carbons (Fsp3) is 0.500. The molecule has 1 rings (SSSR count). The Morgan fingerprint density at radius 1 is 1.33 bits per heavy atom. The number of nitrogens with one attached hydrogen (secondary N) is 1. The van der Waals surface area contributed by atoms with Crippen LogP contribution in [0.4, 0.5) is 5.69 Å². The van der Waals surface area contributed by atoms with E-state index in [-0.39, 0.29) is 21.9 Å². The van der Waals surface area contributed by atoms with Gasteiger partial charge in [-0.3, -0.25) is 4.79 Å². The van der Waals surface area contributed by atoms with E-state index in [4.69, 9.17) is 10.7 Å². The first-order chi connectivity index (χ1) is 9.48. The van der Waals surface area contributed by atoms with E-state index in [0.717, 1.165) is 6.42 Å². The largest absolute Gasteiger partial charge is 0.377 e. The summed E-state index contributed by atoms with van der Waals surface area (Å²) < 4.78 is 23.4. The van der Waals surface area contributed by atoms with Crippen molar-refractivity contribution in [2.24, 2.45) is 0 Å². The predicted molar refractivity (Wildman–Crippen MR) is 85.6 cm³/mol. The molecule has 0 aliphatic heterocycles. The van der Waals surface area contributed by atoms with Gasteiger partial charge >= 0.3 is 0 Å². The summed E-state index contributed by atoms with van der Waals surface area (Å²) in [5.74, 6) is -0.325. The zero-order valence-electron chi connectivity index (χ0n) is 12.9. The minimum atomic E-state index is -3.93. The van der Waals surface area contributed by atoms with Crippen molar-refractivity contribution in [1.82, 2.24) is 5.32 Å². The van der Waals surface area contributed by atoms with Crippen molar-refractivity contribution >= 4 is 31.3 Å². The molecular weight excluding hydrogens is 312 g/mol. The first-order valence-electron chi connectivity index (χ1n) is 6.56. The van der Waals surface area contributed by atoms with Crippen LogP contribution < -0.4 is 10.2 Å². The van der Waals surface area contributed by atoms with Gasteiger partial charge in [0.1, 0.15) is 4.90 Å². The zero-order chi connectivity index (χ0) is 16.4. The van der Waals surface area contributed by atoms with Crippen LogP contribution >= 0.6 is 10.7 Å². The lowest BCUT2D eigenvalue weighted by molar-refractivity contribution is 0.0911. The summed E-state index contributed by atoms with van der Waals surface area (Å²) in [7, 11) is 4.94. The third-order valence-corrected chi connectivity index (χ3v) is 4.65. The van der Waals surface area contributed by atoms with Gasteiger partial charge in [-0.15, -0.1) is 0 Å². The van der Waals surface area contributed by atoms with Gasteiger partial charge in [0, 0.05) is 35.9 Å². The lowest BCUT2D eigenvalue weighted by Crippen LogP contribution is -2.42. The van der Waals surface area contributed by atoms with Crippen LogP contribution in [0.25, 0.3) is 0 Å². The maximum atomic E-state index is 12.2. The lowest BCUT2D eigenvalue weighted by atomic mass is 10.0. The molecule has 0 bridgehead atoms. The second-order valence-corrected chi connectivity index (χ2v) is 8.24. The number of benzene rings is 1. The molecule has 5 nitrogen and oxygen atoms in total. The molecule has 1 N–H and O–H groups in total. The lowest BCUT2D eigenvalue weighted by Gasteiger charge is -2.25. The maximum Gasteiger partial charge on any atom is 0.263 e. The van der Waals surface area contributed by atoms with E-state index in [2.05, 4.69) is 5.32 Å². The van der Waals surface area contributed by atoms with Crippen molar-refractivity contribution in [3.05, 3.63) is 23.8 Å². The normalized spacial score (nSPS) is 12.1. The van der Waals surface area contributed by atoms with Crippen molar-refractivity contribution < 1.29 is 13.2 Å². The molecule has 1 aromatic rings. The van der Waals surface area contributed by atoms with E-state index in [0.29, 0.717) is 5.69 Å². The monoisotopic (exact) mass is 332 g/mol. The topological polar surface area (TPSA) is 66.5 Å². The Balaban J connectivity index is 3.27. The Morgan fingerprint density at radius 2 is 1.90 bits per heavy atom. The molecule has 7 heteroatoms. The average Bonchev–Trinajstić information content (AvgIpc) is 2.36. The molecule has 0 aromatic heterocycles. The first-order valence-corrected chi connectivity index (χ1v) is 8.87. The van der Waals surface area contributed by atoms with Crippen molar-refractivity contribution in [2.75, 3.05) is 19.0 Å². The van der Waals surface area contributed by atoms with E-state index < -0.39 is 9.05 Å². The second-order valence-electron chi connectivity index (χ2n) is 5.71. The van der Waals surface area contributed by atoms with Gasteiger partial charge in [-0.1, -0.05) is 6.92 Å². The fourth-order valence-electron chi connectivity index (χ4n) is 1.69. The number of hydrogen-bond acceptors (Lipinski definition) is 4. The van der Waals surface area contributed by atoms with Crippen LogP contribution in [-0.2, 0) is 9.05 Å². The number of carbonyl (C=O) groups is 1. The van der Waals surface area contributed by atoms with Gasteiger partial charge in [-0.05, 0) is 38.5 Å². The third kappa shape index (κ3) is 4.61. The van der Waals surface area contributed by atoms with Crippen molar-refractivity contribution in [3.8, 4) is 0 Å². The molecule has 0 saturated heterocycles. The molecule has 0 spiro atoms. The Morgan fingerprint density at radius 3 is 2.33 bits per heavy atom.